The van der Waals surface area contributed by atoms with Crippen molar-refractivity contribution < 1.29 is 0 Å². The maximum absolute atomic E-state index is 4.46. The summed E-state index contributed by atoms with van der Waals surface area (Å²) in [5, 5.41) is 3.53. The van der Waals surface area contributed by atoms with Gasteiger partial charge in [-0.2, -0.15) is 11.8 Å². The molecule has 0 aromatic carbocycles. The molecule has 98 valence electrons. The van der Waals surface area contributed by atoms with E-state index < -0.39 is 0 Å². The molecule has 0 spiro atoms. The summed E-state index contributed by atoms with van der Waals surface area (Å²) in [5.74, 6) is 2.47. The summed E-state index contributed by atoms with van der Waals surface area (Å²) in [6.45, 7) is 4.38. The van der Waals surface area contributed by atoms with Gasteiger partial charge in [0.2, 0.25) is 0 Å². The zero-order valence-corrected chi connectivity index (χ0v) is 11.7. The van der Waals surface area contributed by atoms with Crippen molar-refractivity contribution in [3.63, 3.8) is 0 Å². The van der Waals surface area contributed by atoms with Crippen molar-refractivity contribution in [3.05, 3.63) is 24.0 Å². The molecule has 1 aliphatic heterocycles. The molecule has 4 heteroatoms. The highest BCUT2D eigenvalue weighted by atomic mass is 32.2. The first-order valence-electron chi connectivity index (χ1n) is 6.85. The molecule has 1 atom stereocenters. The van der Waals surface area contributed by atoms with E-state index in [2.05, 4.69) is 46.0 Å². The summed E-state index contributed by atoms with van der Waals surface area (Å²) < 4.78 is 0. The molecular formula is C14H21N3S. The van der Waals surface area contributed by atoms with E-state index in [0.717, 1.165) is 19.1 Å². The number of anilines is 1. The Kier molecular flexibility index (Phi) is 3.75. The Hall–Kier alpha value is -0.740. The molecule has 1 aliphatic carbocycles. The van der Waals surface area contributed by atoms with Crippen molar-refractivity contribution >= 4 is 17.4 Å². The fourth-order valence-electron chi connectivity index (χ4n) is 2.39. The highest BCUT2D eigenvalue weighted by Gasteiger charge is 2.21. The van der Waals surface area contributed by atoms with Crippen LogP contribution in [-0.4, -0.2) is 35.1 Å². The second kappa shape index (κ2) is 5.49. The van der Waals surface area contributed by atoms with Gasteiger partial charge in [0, 0.05) is 48.6 Å². The van der Waals surface area contributed by atoms with Gasteiger partial charge in [0.1, 0.15) is 0 Å². The Morgan fingerprint density at radius 3 is 3.17 bits per heavy atom. The number of pyridine rings is 1. The molecule has 1 N–H and O–H groups in total. The van der Waals surface area contributed by atoms with Gasteiger partial charge in [0.15, 0.2) is 0 Å². The summed E-state index contributed by atoms with van der Waals surface area (Å²) >= 11 is 2.06. The van der Waals surface area contributed by atoms with Gasteiger partial charge < -0.3 is 10.2 Å². The van der Waals surface area contributed by atoms with Crippen LogP contribution in [0.3, 0.4) is 0 Å². The van der Waals surface area contributed by atoms with Crippen LogP contribution in [0.4, 0.5) is 5.69 Å². The van der Waals surface area contributed by atoms with E-state index in [1.807, 2.05) is 6.20 Å². The summed E-state index contributed by atoms with van der Waals surface area (Å²) in [4.78, 5) is 6.98. The smallest absolute Gasteiger partial charge is 0.0562 e. The van der Waals surface area contributed by atoms with Crippen molar-refractivity contribution in [2.45, 2.75) is 38.4 Å². The lowest BCUT2D eigenvalue weighted by molar-refractivity contribution is 0.669. The third-order valence-electron chi connectivity index (χ3n) is 3.65. The number of hydrogen-bond donors (Lipinski definition) is 1. The van der Waals surface area contributed by atoms with E-state index in [1.165, 1.54) is 35.7 Å². The molecule has 1 aromatic heterocycles. The van der Waals surface area contributed by atoms with Crippen molar-refractivity contribution in [2.75, 3.05) is 23.0 Å². The van der Waals surface area contributed by atoms with Gasteiger partial charge in [0.05, 0.1) is 5.69 Å². The second-order valence-corrected chi connectivity index (χ2v) is 6.43. The molecule has 2 aliphatic rings. The fourth-order valence-corrected chi connectivity index (χ4v) is 3.40. The predicted octanol–water partition coefficient (Wildman–Crippen LogP) is 2.28. The maximum atomic E-state index is 4.46. The van der Waals surface area contributed by atoms with Gasteiger partial charge in [-0.05, 0) is 31.9 Å². The third kappa shape index (κ3) is 2.98. The number of nitrogens with zero attached hydrogens (tertiary/aromatic N) is 2. The highest BCUT2D eigenvalue weighted by Crippen LogP contribution is 2.24. The topological polar surface area (TPSA) is 28.2 Å². The molecule has 1 saturated heterocycles. The largest absolute Gasteiger partial charge is 0.367 e. The summed E-state index contributed by atoms with van der Waals surface area (Å²) in [7, 11) is 0. The molecule has 2 heterocycles. The average molecular weight is 263 g/mol. The van der Waals surface area contributed by atoms with Gasteiger partial charge in [0.25, 0.3) is 0 Å². The van der Waals surface area contributed by atoms with Crippen LogP contribution in [-0.2, 0) is 6.54 Å². The fraction of sp³-hybridized carbons (Fsp3) is 0.643. The van der Waals surface area contributed by atoms with E-state index in [-0.39, 0.29) is 0 Å². The van der Waals surface area contributed by atoms with Crippen LogP contribution in [0.25, 0.3) is 0 Å². The SMILES string of the molecule is CC1CSCCN1c1ccnc(CNC2CC2)c1. The first-order valence-corrected chi connectivity index (χ1v) is 8.01. The van der Waals surface area contributed by atoms with Crippen molar-refractivity contribution in [1.82, 2.24) is 10.3 Å². The third-order valence-corrected chi connectivity index (χ3v) is 4.84. The highest BCUT2D eigenvalue weighted by molar-refractivity contribution is 7.99. The molecule has 1 aromatic rings. The summed E-state index contributed by atoms with van der Waals surface area (Å²) in [6.07, 6.45) is 4.62. The number of nitrogens with one attached hydrogen (secondary N) is 1. The zero-order valence-electron chi connectivity index (χ0n) is 10.9. The number of aromatic nitrogens is 1. The van der Waals surface area contributed by atoms with Crippen LogP contribution in [0.2, 0.25) is 0 Å². The summed E-state index contributed by atoms with van der Waals surface area (Å²) in [6, 6.07) is 5.78. The first-order chi connectivity index (χ1) is 8.83. The molecule has 0 radical (unpaired) electrons. The molecule has 1 unspecified atom stereocenters. The van der Waals surface area contributed by atoms with Crippen LogP contribution < -0.4 is 10.2 Å². The van der Waals surface area contributed by atoms with E-state index in [1.54, 1.807) is 0 Å². The number of hydrogen-bond acceptors (Lipinski definition) is 4. The van der Waals surface area contributed by atoms with E-state index in [4.69, 9.17) is 0 Å². The lowest BCUT2D eigenvalue weighted by atomic mass is 10.2. The number of thioether (sulfide) groups is 1. The van der Waals surface area contributed by atoms with Crippen molar-refractivity contribution in [3.8, 4) is 0 Å². The molecule has 2 fully saturated rings. The van der Waals surface area contributed by atoms with Crippen LogP contribution in [0, 0.1) is 0 Å². The Morgan fingerprint density at radius 2 is 2.39 bits per heavy atom. The molecule has 18 heavy (non-hydrogen) atoms. The van der Waals surface area contributed by atoms with E-state index in [9.17, 15) is 0 Å². The van der Waals surface area contributed by atoms with Gasteiger partial charge >= 0.3 is 0 Å². The van der Waals surface area contributed by atoms with Gasteiger partial charge in [-0.3, -0.25) is 4.98 Å². The second-order valence-electron chi connectivity index (χ2n) is 5.28. The standard InChI is InChI=1S/C14H21N3S/c1-11-10-18-7-6-17(11)14-4-5-15-13(8-14)9-16-12-2-3-12/h4-5,8,11-12,16H,2-3,6-7,9-10H2,1H3. The Balaban J connectivity index is 1.68. The molecule has 0 bridgehead atoms. The minimum atomic E-state index is 0.635. The molecule has 3 nitrogen and oxygen atoms in total. The lowest BCUT2D eigenvalue weighted by Crippen LogP contribution is -2.40. The van der Waals surface area contributed by atoms with Crippen LogP contribution in [0.5, 0.6) is 0 Å². The van der Waals surface area contributed by atoms with Gasteiger partial charge in [-0.1, -0.05) is 0 Å². The van der Waals surface area contributed by atoms with E-state index in [0.29, 0.717) is 6.04 Å². The molecule has 3 rings (SSSR count). The minimum Gasteiger partial charge on any atom is -0.367 e. The van der Waals surface area contributed by atoms with E-state index >= 15 is 0 Å². The lowest BCUT2D eigenvalue weighted by Gasteiger charge is -2.35. The molecule has 1 saturated carbocycles. The quantitative estimate of drug-likeness (QED) is 0.902. The Morgan fingerprint density at radius 1 is 1.50 bits per heavy atom. The first kappa shape index (κ1) is 12.3. The predicted molar refractivity (Wildman–Crippen MR) is 78.2 cm³/mol. The summed E-state index contributed by atoms with van der Waals surface area (Å²) in [5.41, 5.74) is 2.51. The van der Waals surface area contributed by atoms with Crippen LogP contribution >= 0.6 is 11.8 Å². The Bertz CT molecular complexity index is 406. The molecular weight excluding hydrogens is 242 g/mol. The maximum Gasteiger partial charge on any atom is 0.0562 e. The van der Waals surface area contributed by atoms with Gasteiger partial charge in [-0.15, -0.1) is 0 Å². The van der Waals surface area contributed by atoms with Crippen LogP contribution in [0.1, 0.15) is 25.5 Å². The normalized spacial score (nSPS) is 24.3. The minimum absolute atomic E-state index is 0.635. The monoisotopic (exact) mass is 263 g/mol. The Labute approximate surface area is 113 Å². The molecule has 0 amide bonds. The zero-order chi connectivity index (χ0) is 12.4. The van der Waals surface area contributed by atoms with Crippen LogP contribution in [0.15, 0.2) is 18.3 Å². The van der Waals surface area contributed by atoms with Crippen molar-refractivity contribution in [1.29, 1.82) is 0 Å². The average Bonchev–Trinajstić information content (AvgIpc) is 3.21. The van der Waals surface area contributed by atoms with Gasteiger partial charge in [-0.25, -0.2) is 0 Å². The number of rotatable bonds is 4. The van der Waals surface area contributed by atoms with Crippen molar-refractivity contribution in [2.24, 2.45) is 0 Å².